The van der Waals surface area contributed by atoms with E-state index in [0.717, 1.165) is 25.2 Å². The standard InChI is InChI=1S/C12H16N2O3/c1-8(15)10-3-2-6-14(10)11-5-4-9(7-13-11)12(16)17/h4-5,7-8,10,15H,2-3,6H2,1H3,(H,16,17)/t8-,10+/m1/s1. The highest BCUT2D eigenvalue weighted by Gasteiger charge is 2.29. The SMILES string of the molecule is C[C@@H](O)[C@@H]1CCCN1c1ccc(C(=O)O)cn1. The van der Waals surface area contributed by atoms with Gasteiger partial charge in [-0.2, -0.15) is 0 Å². The molecule has 0 saturated carbocycles. The van der Waals surface area contributed by atoms with Crippen molar-refractivity contribution in [3.8, 4) is 0 Å². The Morgan fingerprint density at radius 2 is 2.35 bits per heavy atom. The van der Waals surface area contributed by atoms with Crippen molar-refractivity contribution in [2.24, 2.45) is 0 Å². The van der Waals surface area contributed by atoms with Crippen LogP contribution in [0.1, 0.15) is 30.1 Å². The average Bonchev–Trinajstić information content (AvgIpc) is 2.78. The first-order valence-electron chi connectivity index (χ1n) is 5.73. The van der Waals surface area contributed by atoms with Crippen LogP contribution >= 0.6 is 0 Å². The van der Waals surface area contributed by atoms with Crippen molar-refractivity contribution >= 4 is 11.8 Å². The number of pyridine rings is 1. The predicted octanol–water partition coefficient (Wildman–Crippen LogP) is 1.13. The van der Waals surface area contributed by atoms with Gasteiger partial charge >= 0.3 is 5.97 Å². The van der Waals surface area contributed by atoms with E-state index >= 15 is 0 Å². The number of carbonyl (C=O) groups is 1. The highest BCUT2D eigenvalue weighted by Crippen LogP contribution is 2.25. The van der Waals surface area contributed by atoms with Gasteiger partial charge in [-0.15, -0.1) is 0 Å². The van der Waals surface area contributed by atoms with E-state index in [0.29, 0.717) is 0 Å². The third-order valence-electron chi connectivity index (χ3n) is 3.15. The number of aliphatic hydroxyl groups excluding tert-OH is 1. The van der Waals surface area contributed by atoms with Crippen LogP contribution in [0.4, 0.5) is 5.82 Å². The molecule has 17 heavy (non-hydrogen) atoms. The largest absolute Gasteiger partial charge is 0.478 e. The molecule has 92 valence electrons. The van der Waals surface area contributed by atoms with E-state index < -0.39 is 12.1 Å². The second-order valence-electron chi connectivity index (χ2n) is 4.35. The summed E-state index contributed by atoms with van der Waals surface area (Å²) in [5.74, 6) is -0.240. The van der Waals surface area contributed by atoms with Crippen molar-refractivity contribution < 1.29 is 15.0 Å². The monoisotopic (exact) mass is 236 g/mol. The minimum absolute atomic E-state index is 0.0816. The van der Waals surface area contributed by atoms with Crippen LogP contribution in [0, 0.1) is 0 Å². The summed E-state index contributed by atoms with van der Waals surface area (Å²) in [6, 6.07) is 3.32. The molecule has 0 amide bonds. The van der Waals surface area contributed by atoms with Crippen LogP contribution in [-0.4, -0.2) is 39.9 Å². The zero-order chi connectivity index (χ0) is 12.4. The molecule has 0 spiro atoms. The summed E-state index contributed by atoms with van der Waals surface area (Å²) in [6.45, 7) is 2.63. The lowest BCUT2D eigenvalue weighted by atomic mass is 10.1. The average molecular weight is 236 g/mol. The topological polar surface area (TPSA) is 73.7 Å². The van der Waals surface area contributed by atoms with Gasteiger partial charge in [-0.3, -0.25) is 0 Å². The molecule has 1 aliphatic heterocycles. The van der Waals surface area contributed by atoms with Crippen LogP contribution in [0.25, 0.3) is 0 Å². The third kappa shape index (κ3) is 2.39. The Hall–Kier alpha value is -1.62. The van der Waals surface area contributed by atoms with Gasteiger partial charge in [0.25, 0.3) is 0 Å². The molecule has 0 radical (unpaired) electrons. The van der Waals surface area contributed by atoms with Crippen molar-refractivity contribution in [1.82, 2.24) is 4.98 Å². The first kappa shape index (κ1) is 11.9. The maximum atomic E-state index is 10.7. The molecule has 1 aromatic heterocycles. The van der Waals surface area contributed by atoms with Crippen molar-refractivity contribution in [2.75, 3.05) is 11.4 Å². The number of carboxylic acid groups (broad SMARTS) is 1. The fourth-order valence-electron chi connectivity index (χ4n) is 2.26. The van der Waals surface area contributed by atoms with Crippen LogP contribution in [0.3, 0.4) is 0 Å². The molecule has 1 saturated heterocycles. The molecule has 5 nitrogen and oxygen atoms in total. The highest BCUT2D eigenvalue weighted by atomic mass is 16.4. The van der Waals surface area contributed by atoms with E-state index in [1.54, 1.807) is 19.1 Å². The van der Waals surface area contributed by atoms with E-state index in [-0.39, 0.29) is 11.6 Å². The Balaban J connectivity index is 2.19. The minimum Gasteiger partial charge on any atom is -0.478 e. The zero-order valence-corrected chi connectivity index (χ0v) is 9.71. The van der Waals surface area contributed by atoms with Crippen LogP contribution in [-0.2, 0) is 0 Å². The quantitative estimate of drug-likeness (QED) is 0.823. The first-order valence-corrected chi connectivity index (χ1v) is 5.73. The number of anilines is 1. The van der Waals surface area contributed by atoms with Crippen LogP contribution < -0.4 is 4.90 Å². The van der Waals surface area contributed by atoms with Gasteiger partial charge in [0.05, 0.1) is 17.7 Å². The lowest BCUT2D eigenvalue weighted by Crippen LogP contribution is -2.37. The van der Waals surface area contributed by atoms with Gasteiger partial charge in [0.2, 0.25) is 0 Å². The summed E-state index contributed by atoms with van der Waals surface area (Å²) >= 11 is 0. The van der Waals surface area contributed by atoms with Crippen molar-refractivity contribution in [3.05, 3.63) is 23.9 Å². The number of nitrogens with zero attached hydrogens (tertiary/aromatic N) is 2. The molecule has 0 bridgehead atoms. The smallest absolute Gasteiger partial charge is 0.337 e. The van der Waals surface area contributed by atoms with E-state index in [1.807, 2.05) is 4.90 Å². The van der Waals surface area contributed by atoms with E-state index in [4.69, 9.17) is 5.11 Å². The molecule has 1 aliphatic rings. The molecular weight excluding hydrogens is 220 g/mol. The summed E-state index contributed by atoms with van der Waals surface area (Å²) in [7, 11) is 0. The maximum Gasteiger partial charge on any atom is 0.337 e. The second kappa shape index (κ2) is 4.71. The summed E-state index contributed by atoms with van der Waals surface area (Å²) in [5, 5.41) is 18.5. The lowest BCUT2D eigenvalue weighted by Gasteiger charge is -2.27. The van der Waals surface area contributed by atoms with Crippen molar-refractivity contribution in [3.63, 3.8) is 0 Å². The number of carboxylic acids is 1. The third-order valence-corrected chi connectivity index (χ3v) is 3.15. The predicted molar refractivity (Wildman–Crippen MR) is 63.2 cm³/mol. The van der Waals surface area contributed by atoms with Crippen molar-refractivity contribution in [1.29, 1.82) is 0 Å². The highest BCUT2D eigenvalue weighted by molar-refractivity contribution is 5.87. The summed E-state index contributed by atoms with van der Waals surface area (Å²) in [6.07, 6.45) is 2.92. The normalized spacial score (nSPS) is 21.5. The first-order chi connectivity index (χ1) is 8.09. The Labute approximate surface area is 99.7 Å². The van der Waals surface area contributed by atoms with Crippen LogP contribution in [0.2, 0.25) is 0 Å². The van der Waals surface area contributed by atoms with Gasteiger partial charge in [-0.25, -0.2) is 9.78 Å². The second-order valence-corrected chi connectivity index (χ2v) is 4.35. The Kier molecular flexibility index (Phi) is 3.28. The molecule has 1 fully saturated rings. The van der Waals surface area contributed by atoms with Gasteiger partial charge in [-0.1, -0.05) is 0 Å². The number of aromatic nitrogens is 1. The van der Waals surface area contributed by atoms with Crippen LogP contribution in [0.15, 0.2) is 18.3 Å². The minimum atomic E-state index is -0.974. The molecule has 2 rings (SSSR count). The molecule has 0 aliphatic carbocycles. The lowest BCUT2D eigenvalue weighted by molar-refractivity contribution is 0.0696. The van der Waals surface area contributed by atoms with Crippen molar-refractivity contribution in [2.45, 2.75) is 31.9 Å². The number of hydrogen-bond acceptors (Lipinski definition) is 4. The van der Waals surface area contributed by atoms with Gasteiger partial charge in [0.1, 0.15) is 5.82 Å². The summed E-state index contributed by atoms with van der Waals surface area (Å²) in [4.78, 5) is 16.9. The molecule has 0 aromatic carbocycles. The zero-order valence-electron chi connectivity index (χ0n) is 9.71. The molecule has 2 heterocycles. The molecule has 2 N–H and O–H groups in total. The Morgan fingerprint density at radius 1 is 1.59 bits per heavy atom. The number of aromatic carboxylic acids is 1. The van der Waals surface area contributed by atoms with E-state index in [1.165, 1.54) is 6.20 Å². The van der Waals surface area contributed by atoms with E-state index in [9.17, 15) is 9.90 Å². The van der Waals surface area contributed by atoms with Gasteiger partial charge in [0, 0.05) is 12.7 Å². The fourth-order valence-corrected chi connectivity index (χ4v) is 2.26. The van der Waals surface area contributed by atoms with Gasteiger partial charge < -0.3 is 15.1 Å². The molecular formula is C12H16N2O3. The number of aliphatic hydroxyl groups is 1. The van der Waals surface area contributed by atoms with Gasteiger partial charge in [-0.05, 0) is 31.9 Å². The molecule has 2 atom stereocenters. The molecule has 5 heteroatoms. The maximum absolute atomic E-state index is 10.7. The molecule has 1 aromatic rings. The summed E-state index contributed by atoms with van der Waals surface area (Å²) in [5.41, 5.74) is 0.182. The number of rotatable bonds is 3. The van der Waals surface area contributed by atoms with E-state index in [2.05, 4.69) is 4.98 Å². The number of hydrogen-bond donors (Lipinski definition) is 2. The Morgan fingerprint density at radius 3 is 2.88 bits per heavy atom. The molecule has 0 unspecified atom stereocenters. The van der Waals surface area contributed by atoms with Gasteiger partial charge in [0.15, 0.2) is 0 Å². The Bertz CT molecular complexity index is 403. The fraction of sp³-hybridized carbons (Fsp3) is 0.500. The summed E-state index contributed by atoms with van der Waals surface area (Å²) < 4.78 is 0. The van der Waals surface area contributed by atoms with Crippen LogP contribution in [0.5, 0.6) is 0 Å².